The first-order valence-corrected chi connectivity index (χ1v) is 9.63. The molecule has 0 atom stereocenters. The van der Waals surface area contributed by atoms with Gasteiger partial charge in [0, 0.05) is 11.3 Å². The van der Waals surface area contributed by atoms with E-state index in [1.54, 1.807) is 6.92 Å². The number of carbonyl (C=O) groups excluding carboxylic acids is 1. The van der Waals surface area contributed by atoms with Crippen LogP contribution in [0.4, 0.5) is 15.2 Å². The predicted octanol–water partition coefficient (Wildman–Crippen LogP) is 3.04. The van der Waals surface area contributed by atoms with Crippen LogP contribution in [0.3, 0.4) is 0 Å². The molecule has 2 N–H and O–H groups in total. The lowest BCUT2D eigenvalue weighted by molar-refractivity contribution is 0.102. The van der Waals surface area contributed by atoms with Gasteiger partial charge in [-0.15, -0.1) is 10.2 Å². The Morgan fingerprint density at radius 2 is 1.85 bits per heavy atom. The Labute approximate surface area is 153 Å². The third-order valence-corrected chi connectivity index (χ3v) is 5.38. The predicted molar refractivity (Wildman–Crippen MR) is 96.2 cm³/mol. The molecule has 3 aromatic rings. The summed E-state index contributed by atoms with van der Waals surface area (Å²) in [4.78, 5) is 12.2. The molecule has 0 saturated carbocycles. The highest BCUT2D eigenvalue weighted by molar-refractivity contribution is 7.92. The maximum atomic E-state index is 12.9. The number of halogens is 1. The van der Waals surface area contributed by atoms with Crippen LogP contribution in [0, 0.1) is 12.7 Å². The Kier molecular flexibility index (Phi) is 4.96. The van der Waals surface area contributed by atoms with Gasteiger partial charge in [0.1, 0.15) is 10.8 Å². The standard InChI is InChI=1S/C16H13FN4O3S2/c1-10-19-20-16(25-10)18-15(22)11-3-2-4-14(9-11)26(23,24)21-13-7-5-12(17)6-8-13/h2-9,21H,1H3,(H,18,20,22). The smallest absolute Gasteiger partial charge is 0.261 e. The Hall–Kier alpha value is -2.85. The van der Waals surface area contributed by atoms with Gasteiger partial charge in [0.2, 0.25) is 5.13 Å². The summed E-state index contributed by atoms with van der Waals surface area (Å²) in [6.07, 6.45) is 0. The number of carbonyl (C=O) groups is 1. The molecule has 2 aromatic carbocycles. The van der Waals surface area contributed by atoms with Crippen molar-refractivity contribution in [2.24, 2.45) is 0 Å². The van der Waals surface area contributed by atoms with Gasteiger partial charge in [-0.3, -0.25) is 14.8 Å². The molecule has 0 bridgehead atoms. The summed E-state index contributed by atoms with van der Waals surface area (Å²) < 4.78 is 40.2. The van der Waals surface area contributed by atoms with Gasteiger partial charge in [0.15, 0.2) is 0 Å². The lowest BCUT2D eigenvalue weighted by Gasteiger charge is -2.09. The van der Waals surface area contributed by atoms with Crippen molar-refractivity contribution in [3.8, 4) is 0 Å². The monoisotopic (exact) mass is 392 g/mol. The minimum atomic E-state index is -3.93. The quantitative estimate of drug-likeness (QED) is 0.695. The number of hydrogen-bond donors (Lipinski definition) is 2. The van der Waals surface area contributed by atoms with E-state index in [9.17, 15) is 17.6 Å². The van der Waals surface area contributed by atoms with Crippen LogP contribution >= 0.6 is 11.3 Å². The van der Waals surface area contributed by atoms with Crippen molar-refractivity contribution in [2.75, 3.05) is 10.0 Å². The molecule has 3 rings (SSSR count). The maximum absolute atomic E-state index is 12.9. The van der Waals surface area contributed by atoms with E-state index in [0.717, 1.165) is 12.1 Å². The van der Waals surface area contributed by atoms with Crippen molar-refractivity contribution in [1.29, 1.82) is 0 Å². The highest BCUT2D eigenvalue weighted by atomic mass is 32.2. The Balaban J connectivity index is 1.81. The second-order valence-corrected chi connectivity index (χ2v) is 8.08. The Bertz CT molecular complexity index is 1050. The summed E-state index contributed by atoms with van der Waals surface area (Å²) in [5.41, 5.74) is 0.366. The molecule has 26 heavy (non-hydrogen) atoms. The lowest BCUT2D eigenvalue weighted by atomic mass is 10.2. The van der Waals surface area contributed by atoms with E-state index in [4.69, 9.17) is 0 Å². The maximum Gasteiger partial charge on any atom is 0.261 e. The number of sulfonamides is 1. The molecule has 0 unspecified atom stereocenters. The molecule has 134 valence electrons. The van der Waals surface area contributed by atoms with Crippen LogP contribution in [0.1, 0.15) is 15.4 Å². The summed E-state index contributed by atoms with van der Waals surface area (Å²) in [5, 5.41) is 11.2. The first-order chi connectivity index (χ1) is 12.3. The van der Waals surface area contributed by atoms with Crippen molar-refractivity contribution in [1.82, 2.24) is 10.2 Å². The molecule has 1 aromatic heterocycles. The molecule has 0 fully saturated rings. The zero-order valence-corrected chi connectivity index (χ0v) is 15.1. The van der Waals surface area contributed by atoms with E-state index in [2.05, 4.69) is 20.2 Å². The summed E-state index contributed by atoms with van der Waals surface area (Å²) in [6.45, 7) is 1.75. The normalized spacial score (nSPS) is 11.2. The van der Waals surface area contributed by atoms with Crippen LogP contribution in [0.25, 0.3) is 0 Å². The van der Waals surface area contributed by atoms with Gasteiger partial charge in [-0.05, 0) is 49.4 Å². The third-order valence-electron chi connectivity index (χ3n) is 3.25. The summed E-state index contributed by atoms with van der Waals surface area (Å²) in [5.74, 6) is -0.974. The molecule has 1 heterocycles. The lowest BCUT2D eigenvalue weighted by Crippen LogP contribution is -2.16. The highest BCUT2D eigenvalue weighted by Gasteiger charge is 2.17. The fraction of sp³-hybridized carbons (Fsp3) is 0.0625. The number of amides is 1. The zero-order chi connectivity index (χ0) is 18.7. The topological polar surface area (TPSA) is 101 Å². The molecule has 0 spiro atoms. The number of aryl methyl sites for hydroxylation is 1. The van der Waals surface area contributed by atoms with Crippen molar-refractivity contribution in [2.45, 2.75) is 11.8 Å². The summed E-state index contributed by atoms with van der Waals surface area (Å²) >= 11 is 1.21. The fourth-order valence-corrected chi connectivity index (χ4v) is 3.74. The van der Waals surface area contributed by atoms with Crippen LogP contribution in [0.2, 0.25) is 0 Å². The van der Waals surface area contributed by atoms with Crippen LogP contribution in [0.15, 0.2) is 53.4 Å². The molecule has 0 aliphatic carbocycles. The molecule has 0 aliphatic rings. The molecule has 10 heteroatoms. The van der Waals surface area contributed by atoms with E-state index in [1.165, 1.54) is 47.7 Å². The van der Waals surface area contributed by atoms with E-state index < -0.39 is 21.7 Å². The summed E-state index contributed by atoms with van der Waals surface area (Å²) in [7, 11) is -3.93. The van der Waals surface area contributed by atoms with Gasteiger partial charge in [-0.1, -0.05) is 17.4 Å². The van der Waals surface area contributed by atoms with Crippen molar-refractivity contribution < 1.29 is 17.6 Å². The number of nitrogens with one attached hydrogen (secondary N) is 2. The van der Waals surface area contributed by atoms with Gasteiger partial charge in [0.05, 0.1) is 4.90 Å². The van der Waals surface area contributed by atoms with Crippen molar-refractivity contribution in [3.05, 3.63) is 64.9 Å². The van der Waals surface area contributed by atoms with Gasteiger partial charge in [-0.25, -0.2) is 12.8 Å². The summed E-state index contributed by atoms with van der Waals surface area (Å²) in [6, 6.07) is 10.5. The largest absolute Gasteiger partial charge is 0.296 e. The SMILES string of the molecule is Cc1nnc(NC(=O)c2cccc(S(=O)(=O)Nc3ccc(F)cc3)c2)s1. The van der Waals surface area contributed by atoms with Gasteiger partial charge >= 0.3 is 0 Å². The average molecular weight is 392 g/mol. The molecule has 0 saturated heterocycles. The van der Waals surface area contributed by atoms with Gasteiger partial charge in [-0.2, -0.15) is 0 Å². The molecular weight excluding hydrogens is 379 g/mol. The first kappa shape index (κ1) is 18.0. The van der Waals surface area contributed by atoms with Gasteiger partial charge < -0.3 is 0 Å². The number of hydrogen-bond acceptors (Lipinski definition) is 6. The number of nitrogens with zero attached hydrogens (tertiary/aromatic N) is 2. The molecule has 0 radical (unpaired) electrons. The van der Waals surface area contributed by atoms with Crippen molar-refractivity contribution in [3.63, 3.8) is 0 Å². The molecular formula is C16H13FN4O3S2. The number of benzene rings is 2. The van der Waals surface area contributed by atoms with Crippen molar-refractivity contribution >= 4 is 38.1 Å². The molecule has 7 nitrogen and oxygen atoms in total. The zero-order valence-electron chi connectivity index (χ0n) is 13.4. The van der Waals surface area contributed by atoms with E-state index in [-0.39, 0.29) is 16.1 Å². The van der Waals surface area contributed by atoms with E-state index in [0.29, 0.717) is 10.1 Å². The molecule has 0 aliphatic heterocycles. The molecule has 1 amide bonds. The fourth-order valence-electron chi connectivity index (χ4n) is 2.05. The van der Waals surface area contributed by atoms with Crippen LogP contribution < -0.4 is 10.0 Å². The second-order valence-electron chi connectivity index (χ2n) is 5.22. The minimum Gasteiger partial charge on any atom is -0.296 e. The number of rotatable bonds is 5. The van der Waals surface area contributed by atoms with Crippen LogP contribution in [0.5, 0.6) is 0 Å². The Morgan fingerprint density at radius 1 is 1.12 bits per heavy atom. The highest BCUT2D eigenvalue weighted by Crippen LogP contribution is 2.19. The van der Waals surface area contributed by atoms with Crippen LogP contribution in [-0.4, -0.2) is 24.5 Å². The van der Waals surface area contributed by atoms with Crippen LogP contribution in [-0.2, 0) is 10.0 Å². The Morgan fingerprint density at radius 3 is 2.50 bits per heavy atom. The average Bonchev–Trinajstić information content (AvgIpc) is 3.02. The first-order valence-electron chi connectivity index (χ1n) is 7.33. The number of aromatic nitrogens is 2. The third kappa shape index (κ3) is 4.21. The van der Waals surface area contributed by atoms with E-state index in [1.807, 2.05) is 0 Å². The number of anilines is 2. The van der Waals surface area contributed by atoms with Gasteiger partial charge in [0.25, 0.3) is 15.9 Å². The second kappa shape index (κ2) is 7.18. The van der Waals surface area contributed by atoms with E-state index >= 15 is 0 Å². The minimum absolute atomic E-state index is 0.0945.